The average Bonchev–Trinajstić information content (AvgIpc) is 2.92. The minimum Gasteiger partial charge on any atom is -0.289 e. The van der Waals surface area contributed by atoms with Crippen LogP contribution in [-0.4, -0.2) is 0 Å². The molecule has 0 N–H and O–H groups in total. The van der Waals surface area contributed by atoms with Gasteiger partial charge < -0.3 is 0 Å². The Balaban J connectivity index is 1.39. The third-order valence-corrected chi connectivity index (χ3v) is 7.99. The first-order chi connectivity index (χ1) is 17.2. The molecule has 1 heterocycles. The molecule has 2 heteroatoms. The van der Waals surface area contributed by atoms with Gasteiger partial charge in [0.1, 0.15) is 0 Å². The average molecular weight is 465 g/mol. The van der Waals surface area contributed by atoms with E-state index < -0.39 is 0 Å². The van der Waals surface area contributed by atoms with Gasteiger partial charge in [-0.1, -0.05) is 84.9 Å². The minimum absolute atomic E-state index is 0.0963. The van der Waals surface area contributed by atoms with Gasteiger partial charge in [0.2, 0.25) is 0 Å². The van der Waals surface area contributed by atoms with E-state index in [1.165, 1.54) is 21.5 Å². The highest BCUT2D eigenvalue weighted by Gasteiger charge is 2.10. The predicted octanol–water partition coefficient (Wildman–Crippen LogP) is 9.06. The summed E-state index contributed by atoms with van der Waals surface area (Å²) in [5.74, 6) is 0. The molecule has 0 bridgehead atoms. The Morgan fingerprint density at radius 1 is 0.400 bits per heavy atom. The standard InChI is InChI=1S/C33H20OS/c34-33-29-19-27(25-11-9-21-5-1-3-7-23(21)17-25)13-15-31(29)35-32-16-14-28(20-30(32)33)26-12-10-22-6-2-4-8-24(22)18-26/h1-20H. The van der Waals surface area contributed by atoms with Crippen molar-refractivity contribution in [3.63, 3.8) is 0 Å². The van der Waals surface area contributed by atoms with Crippen LogP contribution in [0.3, 0.4) is 0 Å². The van der Waals surface area contributed by atoms with Crippen LogP contribution in [0, 0.1) is 0 Å². The second-order valence-electron chi connectivity index (χ2n) is 8.98. The van der Waals surface area contributed by atoms with Crippen LogP contribution in [0.25, 0.3) is 64.0 Å². The Morgan fingerprint density at radius 2 is 0.800 bits per heavy atom. The van der Waals surface area contributed by atoms with Crippen LogP contribution in [0.4, 0.5) is 0 Å². The second-order valence-corrected chi connectivity index (χ2v) is 10.1. The van der Waals surface area contributed by atoms with Crippen LogP contribution in [0.1, 0.15) is 0 Å². The largest absolute Gasteiger partial charge is 0.289 e. The first kappa shape index (κ1) is 20.1. The number of fused-ring (bicyclic) bond motifs is 4. The van der Waals surface area contributed by atoms with Crippen molar-refractivity contribution in [2.75, 3.05) is 0 Å². The summed E-state index contributed by atoms with van der Waals surface area (Å²) in [7, 11) is 0. The van der Waals surface area contributed by atoms with E-state index in [4.69, 9.17) is 0 Å². The summed E-state index contributed by atoms with van der Waals surface area (Å²) >= 11 is 1.68. The van der Waals surface area contributed by atoms with E-state index in [-0.39, 0.29) is 5.43 Å². The number of benzene rings is 6. The maximum absolute atomic E-state index is 13.7. The molecule has 0 saturated carbocycles. The molecule has 0 aliphatic heterocycles. The van der Waals surface area contributed by atoms with Gasteiger partial charge in [-0.15, -0.1) is 11.3 Å². The van der Waals surface area contributed by atoms with E-state index in [1.807, 2.05) is 0 Å². The molecular weight excluding hydrogens is 444 g/mol. The molecule has 7 rings (SSSR count). The van der Waals surface area contributed by atoms with Crippen molar-refractivity contribution in [3.05, 3.63) is 132 Å². The molecule has 0 amide bonds. The summed E-state index contributed by atoms with van der Waals surface area (Å²) < 4.78 is 2.04. The van der Waals surface area contributed by atoms with E-state index in [0.29, 0.717) is 0 Å². The molecule has 6 aromatic carbocycles. The highest BCUT2D eigenvalue weighted by atomic mass is 32.1. The maximum Gasteiger partial charge on any atom is 0.195 e. The summed E-state index contributed by atoms with van der Waals surface area (Å²) in [5.41, 5.74) is 4.48. The summed E-state index contributed by atoms with van der Waals surface area (Å²) in [6.45, 7) is 0. The van der Waals surface area contributed by atoms with E-state index in [9.17, 15) is 4.79 Å². The Morgan fingerprint density at radius 3 is 1.29 bits per heavy atom. The third-order valence-electron chi connectivity index (χ3n) is 6.83. The molecule has 1 aromatic heterocycles. The smallest absolute Gasteiger partial charge is 0.195 e. The summed E-state index contributed by atoms with van der Waals surface area (Å²) in [6, 6.07) is 42.2. The van der Waals surface area contributed by atoms with Crippen molar-refractivity contribution in [1.29, 1.82) is 0 Å². The zero-order valence-electron chi connectivity index (χ0n) is 18.9. The fourth-order valence-electron chi connectivity index (χ4n) is 4.95. The van der Waals surface area contributed by atoms with E-state index >= 15 is 0 Å². The Labute approximate surface area is 206 Å². The second kappa shape index (κ2) is 7.90. The molecule has 0 fully saturated rings. The highest BCUT2D eigenvalue weighted by Crippen LogP contribution is 2.33. The quantitative estimate of drug-likeness (QED) is 0.233. The first-order valence-electron chi connectivity index (χ1n) is 11.7. The molecule has 0 saturated heterocycles. The molecule has 0 spiro atoms. The summed E-state index contributed by atoms with van der Waals surface area (Å²) in [4.78, 5) is 13.7. The van der Waals surface area contributed by atoms with Crippen LogP contribution < -0.4 is 5.43 Å². The monoisotopic (exact) mass is 464 g/mol. The number of rotatable bonds is 2. The van der Waals surface area contributed by atoms with Crippen molar-refractivity contribution in [2.24, 2.45) is 0 Å². The molecule has 35 heavy (non-hydrogen) atoms. The van der Waals surface area contributed by atoms with Crippen LogP contribution >= 0.6 is 11.3 Å². The number of hydrogen-bond acceptors (Lipinski definition) is 2. The van der Waals surface area contributed by atoms with Gasteiger partial charge in [-0.2, -0.15) is 0 Å². The molecule has 1 nitrogen and oxygen atoms in total. The van der Waals surface area contributed by atoms with Gasteiger partial charge in [0.25, 0.3) is 0 Å². The van der Waals surface area contributed by atoms with Crippen LogP contribution in [0.15, 0.2) is 126 Å². The molecule has 0 radical (unpaired) electrons. The van der Waals surface area contributed by atoms with Crippen molar-refractivity contribution in [2.45, 2.75) is 0 Å². The van der Waals surface area contributed by atoms with Crippen molar-refractivity contribution in [3.8, 4) is 22.3 Å². The van der Waals surface area contributed by atoms with Gasteiger partial charge in [-0.3, -0.25) is 4.79 Å². The molecule has 0 aliphatic carbocycles. The lowest BCUT2D eigenvalue weighted by atomic mass is 9.99. The summed E-state index contributed by atoms with van der Waals surface area (Å²) in [5, 5.41) is 6.40. The van der Waals surface area contributed by atoms with E-state index in [1.54, 1.807) is 11.3 Å². The Bertz CT molecular complexity index is 1840. The lowest BCUT2D eigenvalue weighted by Gasteiger charge is -2.08. The fourth-order valence-corrected chi connectivity index (χ4v) is 5.99. The van der Waals surface area contributed by atoms with Crippen molar-refractivity contribution >= 4 is 53.1 Å². The number of hydrogen-bond donors (Lipinski definition) is 0. The molecule has 0 unspecified atom stereocenters. The summed E-state index contributed by atoms with van der Waals surface area (Å²) in [6.07, 6.45) is 0. The van der Waals surface area contributed by atoms with Crippen molar-refractivity contribution in [1.82, 2.24) is 0 Å². The third kappa shape index (κ3) is 3.42. The predicted molar refractivity (Wildman–Crippen MR) is 151 cm³/mol. The molecule has 164 valence electrons. The van der Waals surface area contributed by atoms with Gasteiger partial charge in [-0.25, -0.2) is 0 Å². The highest BCUT2D eigenvalue weighted by molar-refractivity contribution is 7.24. The zero-order chi connectivity index (χ0) is 23.4. The van der Waals surface area contributed by atoms with Gasteiger partial charge in [0.15, 0.2) is 5.43 Å². The van der Waals surface area contributed by atoms with Gasteiger partial charge in [0, 0.05) is 20.2 Å². The van der Waals surface area contributed by atoms with Gasteiger partial charge >= 0.3 is 0 Å². The fraction of sp³-hybridized carbons (Fsp3) is 0. The lowest BCUT2D eigenvalue weighted by Crippen LogP contribution is -2.01. The molecule has 7 aromatic rings. The van der Waals surface area contributed by atoms with Gasteiger partial charge in [0.05, 0.1) is 0 Å². The van der Waals surface area contributed by atoms with E-state index in [0.717, 1.165) is 42.4 Å². The minimum atomic E-state index is 0.0963. The van der Waals surface area contributed by atoms with Crippen LogP contribution in [0.2, 0.25) is 0 Å². The lowest BCUT2D eigenvalue weighted by molar-refractivity contribution is 1.66. The molecule has 0 aliphatic rings. The molecule has 0 atom stereocenters. The Kier molecular flexibility index (Phi) is 4.54. The maximum atomic E-state index is 13.7. The van der Waals surface area contributed by atoms with Crippen LogP contribution in [0.5, 0.6) is 0 Å². The SMILES string of the molecule is O=c1c2cc(-c3ccc4ccccc4c3)ccc2sc2ccc(-c3ccc4ccccc4c3)cc12. The first-order valence-corrected chi connectivity index (χ1v) is 12.5. The normalized spacial score (nSPS) is 11.5. The van der Waals surface area contributed by atoms with Gasteiger partial charge in [-0.05, 0) is 80.2 Å². The van der Waals surface area contributed by atoms with Crippen molar-refractivity contribution < 1.29 is 0 Å². The topological polar surface area (TPSA) is 17.1 Å². The molecular formula is C33H20OS. The van der Waals surface area contributed by atoms with Crippen LogP contribution in [-0.2, 0) is 0 Å². The zero-order valence-corrected chi connectivity index (χ0v) is 19.7. The van der Waals surface area contributed by atoms with E-state index in [2.05, 4.69) is 121 Å². The Hall–Kier alpha value is -4.27.